The van der Waals surface area contributed by atoms with Gasteiger partial charge in [0.15, 0.2) is 17.5 Å². The van der Waals surface area contributed by atoms with E-state index in [9.17, 15) is 0 Å². The maximum Gasteiger partial charge on any atom is 0.164 e. The van der Waals surface area contributed by atoms with E-state index in [2.05, 4.69) is 89.9 Å². The van der Waals surface area contributed by atoms with E-state index in [4.69, 9.17) is 19.4 Å². The molecule has 0 unspecified atom stereocenters. The van der Waals surface area contributed by atoms with Gasteiger partial charge in [-0.2, -0.15) is 0 Å². The highest BCUT2D eigenvalue weighted by atomic mass is 32.1. The van der Waals surface area contributed by atoms with Crippen LogP contribution < -0.4 is 0 Å². The summed E-state index contributed by atoms with van der Waals surface area (Å²) in [6.45, 7) is 0. The number of thiophene rings is 1. The highest BCUT2D eigenvalue weighted by Gasteiger charge is 2.22. The molecule has 0 spiro atoms. The first-order valence-electron chi connectivity index (χ1n) is 16.5. The van der Waals surface area contributed by atoms with E-state index in [1.165, 1.54) is 20.2 Å². The maximum atomic E-state index is 6.71. The van der Waals surface area contributed by atoms with E-state index < -0.39 is 0 Å². The zero-order chi connectivity index (χ0) is 33.0. The Morgan fingerprint density at radius 3 is 1.98 bits per heavy atom. The van der Waals surface area contributed by atoms with Gasteiger partial charge in [-0.15, -0.1) is 11.3 Å². The minimum Gasteiger partial charge on any atom is -0.455 e. The van der Waals surface area contributed by atoms with Gasteiger partial charge in [-0.05, 0) is 53.6 Å². The number of fused-ring (bicyclic) bond motifs is 6. The molecule has 4 aromatic heterocycles. The van der Waals surface area contributed by atoms with Gasteiger partial charge >= 0.3 is 0 Å². The second-order valence-electron chi connectivity index (χ2n) is 12.2. The van der Waals surface area contributed by atoms with Gasteiger partial charge in [-0.25, -0.2) is 15.0 Å². The van der Waals surface area contributed by atoms with Crippen molar-refractivity contribution >= 4 is 53.4 Å². The molecule has 0 atom stereocenters. The van der Waals surface area contributed by atoms with Crippen LogP contribution in [-0.4, -0.2) is 19.9 Å². The molecule has 50 heavy (non-hydrogen) atoms. The number of para-hydroxylation sites is 1. The molecule has 234 valence electrons. The molecule has 0 aliphatic heterocycles. The Bertz CT molecular complexity index is 2880. The molecule has 6 aromatic carbocycles. The summed E-state index contributed by atoms with van der Waals surface area (Å²) in [4.78, 5) is 19.8. The lowest BCUT2D eigenvalue weighted by atomic mass is 9.96. The Morgan fingerprint density at radius 1 is 0.440 bits per heavy atom. The van der Waals surface area contributed by atoms with Crippen LogP contribution in [0.5, 0.6) is 0 Å². The molecule has 10 rings (SSSR count). The van der Waals surface area contributed by atoms with Gasteiger partial charge in [0.1, 0.15) is 11.2 Å². The number of nitrogens with zero attached hydrogens (tertiary/aromatic N) is 4. The molecule has 6 heteroatoms. The van der Waals surface area contributed by atoms with E-state index in [0.717, 1.165) is 60.9 Å². The second kappa shape index (κ2) is 11.6. The normalized spacial score (nSPS) is 11.6. The third-order valence-corrected chi connectivity index (χ3v) is 10.4. The van der Waals surface area contributed by atoms with Crippen LogP contribution in [0, 0.1) is 0 Å². The first kappa shape index (κ1) is 28.5. The molecule has 5 nitrogen and oxygen atoms in total. The predicted octanol–water partition coefficient (Wildman–Crippen LogP) is 11.9. The van der Waals surface area contributed by atoms with Crippen molar-refractivity contribution in [1.82, 2.24) is 19.9 Å². The lowest BCUT2D eigenvalue weighted by molar-refractivity contribution is 0.670. The highest BCUT2D eigenvalue weighted by molar-refractivity contribution is 7.25. The Kier molecular flexibility index (Phi) is 6.60. The fourth-order valence-electron chi connectivity index (χ4n) is 6.92. The van der Waals surface area contributed by atoms with Crippen LogP contribution in [0.1, 0.15) is 0 Å². The quantitative estimate of drug-likeness (QED) is 0.184. The number of hydrogen-bond donors (Lipinski definition) is 0. The van der Waals surface area contributed by atoms with Gasteiger partial charge in [0.25, 0.3) is 0 Å². The lowest BCUT2D eigenvalue weighted by Crippen LogP contribution is -2.01. The molecule has 0 saturated heterocycles. The summed E-state index contributed by atoms with van der Waals surface area (Å²) in [6, 6.07) is 50.1. The van der Waals surface area contributed by atoms with Crippen molar-refractivity contribution in [3.63, 3.8) is 0 Å². The summed E-state index contributed by atoms with van der Waals surface area (Å²) in [5.41, 5.74) is 8.45. The maximum absolute atomic E-state index is 6.71. The average Bonchev–Trinajstić information content (AvgIpc) is 3.77. The van der Waals surface area contributed by atoms with Crippen molar-refractivity contribution in [1.29, 1.82) is 0 Å². The number of pyridine rings is 1. The SMILES string of the molecule is c1ccc(-c2nc(-c3ccccc3-c3cccnc3)nc(-c3ccc(-c4ccc5sc6ccccc6c5c4)c4oc5ccccc5c34)n2)cc1. The van der Waals surface area contributed by atoms with Gasteiger partial charge in [-0.1, -0.05) is 103 Å². The van der Waals surface area contributed by atoms with Crippen molar-refractivity contribution in [3.05, 3.63) is 158 Å². The van der Waals surface area contributed by atoms with Crippen molar-refractivity contribution in [3.8, 4) is 56.4 Å². The number of rotatable bonds is 5. The minimum atomic E-state index is 0.581. The number of aromatic nitrogens is 4. The lowest BCUT2D eigenvalue weighted by Gasteiger charge is -2.13. The zero-order valence-electron chi connectivity index (χ0n) is 26.6. The summed E-state index contributed by atoms with van der Waals surface area (Å²) in [5, 5.41) is 4.51. The Hall–Kier alpha value is -6.50. The minimum absolute atomic E-state index is 0.581. The first-order valence-corrected chi connectivity index (χ1v) is 17.3. The molecule has 0 amide bonds. The molecule has 10 aromatic rings. The molecular weight excluding hydrogens is 633 g/mol. The van der Waals surface area contributed by atoms with Gasteiger partial charge in [0.05, 0.1) is 0 Å². The van der Waals surface area contributed by atoms with E-state index in [-0.39, 0.29) is 0 Å². The topological polar surface area (TPSA) is 64.7 Å². The molecule has 0 saturated carbocycles. The number of furan rings is 1. The fraction of sp³-hybridized carbons (Fsp3) is 0. The molecular formula is C44H26N4OS. The first-order chi connectivity index (χ1) is 24.8. The Morgan fingerprint density at radius 2 is 1.12 bits per heavy atom. The molecule has 0 aliphatic rings. The summed E-state index contributed by atoms with van der Waals surface area (Å²) in [5.74, 6) is 1.77. The van der Waals surface area contributed by atoms with E-state index >= 15 is 0 Å². The van der Waals surface area contributed by atoms with Crippen LogP contribution in [0.4, 0.5) is 0 Å². The third kappa shape index (κ3) is 4.69. The summed E-state index contributed by atoms with van der Waals surface area (Å²) in [6.07, 6.45) is 3.65. The molecule has 0 bridgehead atoms. The van der Waals surface area contributed by atoms with Crippen LogP contribution in [0.15, 0.2) is 162 Å². The van der Waals surface area contributed by atoms with Gasteiger partial charge < -0.3 is 4.42 Å². The van der Waals surface area contributed by atoms with Crippen molar-refractivity contribution in [2.24, 2.45) is 0 Å². The average molecular weight is 659 g/mol. The monoisotopic (exact) mass is 658 g/mol. The largest absolute Gasteiger partial charge is 0.455 e. The van der Waals surface area contributed by atoms with Gasteiger partial charge in [0.2, 0.25) is 0 Å². The smallest absolute Gasteiger partial charge is 0.164 e. The van der Waals surface area contributed by atoms with E-state index in [1.54, 1.807) is 6.20 Å². The Balaban J connectivity index is 1.23. The standard InChI is InChI=1S/C44H26N4OS/c1-2-11-27(12-3-1)42-46-43(33-16-5-4-14-30(33)29-13-10-24-45-26-29)48-44(47-42)35-22-21-31(41-40(35)34-17-6-8-18-37(34)49-41)28-20-23-39-36(25-28)32-15-7-9-19-38(32)50-39/h1-26H. The summed E-state index contributed by atoms with van der Waals surface area (Å²) >= 11 is 1.82. The number of hydrogen-bond acceptors (Lipinski definition) is 6. The van der Waals surface area contributed by atoms with E-state index in [0.29, 0.717) is 17.5 Å². The predicted molar refractivity (Wildman–Crippen MR) is 205 cm³/mol. The summed E-state index contributed by atoms with van der Waals surface area (Å²) < 4.78 is 9.27. The van der Waals surface area contributed by atoms with Crippen molar-refractivity contribution in [2.45, 2.75) is 0 Å². The van der Waals surface area contributed by atoms with Crippen LogP contribution in [0.25, 0.3) is 98.5 Å². The molecule has 0 fully saturated rings. The summed E-state index contributed by atoms with van der Waals surface area (Å²) in [7, 11) is 0. The van der Waals surface area contributed by atoms with E-state index in [1.807, 2.05) is 78.2 Å². The van der Waals surface area contributed by atoms with Crippen molar-refractivity contribution in [2.75, 3.05) is 0 Å². The molecule has 0 N–H and O–H groups in total. The zero-order valence-corrected chi connectivity index (χ0v) is 27.4. The molecule has 0 radical (unpaired) electrons. The van der Waals surface area contributed by atoms with Crippen LogP contribution in [-0.2, 0) is 0 Å². The number of benzene rings is 6. The molecule has 0 aliphatic carbocycles. The van der Waals surface area contributed by atoms with Gasteiger partial charge in [-0.3, -0.25) is 4.98 Å². The van der Waals surface area contributed by atoms with Crippen LogP contribution >= 0.6 is 11.3 Å². The Labute approximate surface area is 291 Å². The third-order valence-electron chi connectivity index (χ3n) is 9.26. The van der Waals surface area contributed by atoms with Crippen LogP contribution in [0.3, 0.4) is 0 Å². The fourth-order valence-corrected chi connectivity index (χ4v) is 8.01. The second-order valence-corrected chi connectivity index (χ2v) is 13.3. The van der Waals surface area contributed by atoms with Gasteiger partial charge in [0, 0.05) is 71.2 Å². The van der Waals surface area contributed by atoms with Crippen LogP contribution in [0.2, 0.25) is 0 Å². The van der Waals surface area contributed by atoms with Crippen molar-refractivity contribution < 1.29 is 4.42 Å². The molecule has 4 heterocycles. The highest BCUT2D eigenvalue weighted by Crippen LogP contribution is 2.43.